The molecule has 1 heteroatoms. The van der Waals surface area contributed by atoms with E-state index >= 15 is 0 Å². The summed E-state index contributed by atoms with van der Waals surface area (Å²) >= 11 is 0. The molecule has 0 saturated heterocycles. The van der Waals surface area contributed by atoms with Crippen molar-refractivity contribution in [1.82, 2.24) is 5.32 Å². The molecule has 1 unspecified atom stereocenters. The van der Waals surface area contributed by atoms with Gasteiger partial charge in [-0.25, -0.2) is 0 Å². The minimum Gasteiger partial charge on any atom is -0.301 e. The molecule has 1 rings (SSSR count). The highest BCUT2D eigenvalue weighted by Crippen LogP contribution is 2.25. The predicted molar refractivity (Wildman–Crippen MR) is 62.1 cm³/mol. The standard InChI is InChI=1S/C13H23N/c1-4-11(2)14-12(3)13-9-7-5-6-8-10-13/h1,11-14H,5-10H2,2-3H3/t11?,12-/m1/s1. The normalized spacial score (nSPS) is 23.5. The Labute approximate surface area is 88.7 Å². The first-order chi connectivity index (χ1) is 6.74. The average molecular weight is 193 g/mol. The van der Waals surface area contributed by atoms with Crippen LogP contribution in [0.2, 0.25) is 0 Å². The van der Waals surface area contributed by atoms with E-state index in [-0.39, 0.29) is 6.04 Å². The Kier molecular flexibility index (Phi) is 5.04. The highest BCUT2D eigenvalue weighted by Gasteiger charge is 2.19. The summed E-state index contributed by atoms with van der Waals surface area (Å²) in [6, 6.07) is 0.799. The molecule has 0 aromatic heterocycles. The van der Waals surface area contributed by atoms with Crippen molar-refractivity contribution >= 4 is 0 Å². The van der Waals surface area contributed by atoms with Gasteiger partial charge in [0, 0.05) is 6.04 Å². The molecule has 0 aromatic carbocycles. The van der Waals surface area contributed by atoms with Crippen molar-refractivity contribution in [2.45, 2.75) is 64.5 Å². The predicted octanol–water partition coefficient (Wildman–Crippen LogP) is 2.96. The fraction of sp³-hybridized carbons (Fsp3) is 0.846. The van der Waals surface area contributed by atoms with E-state index < -0.39 is 0 Å². The lowest BCUT2D eigenvalue weighted by molar-refractivity contribution is 0.330. The van der Waals surface area contributed by atoms with Crippen LogP contribution in [-0.2, 0) is 0 Å². The van der Waals surface area contributed by atoms with E-state index in [2.05, 4.69) is 25.1 Å². The van der Waals surface area contributed by atoms with Crippen LogP contribution in [0.3, 0.4) is 0 Å². The van der Waals surface area contributed by atoms with Crippen LogP contribution >= 0.6 is 0 Å². The van der Waals surface area contributed by atoms with E-state index in [9.17, 15) is 0 Å². The lowest BCUT2D eigenvalue weighted by atomic mass is 9.92. The molecule has 2 atom stereocenters. The summed E-state index contributed by atoms with van der Waals surface area (Å²) in [6.45, 7) is 4.34. The van der Waals surface area contributed by atoms with Gasteiger partial charge in [-0.3, -0.25) is 0 Å². The van der Waals surface area contributed by atoms with Crippen molar-refractivity contribution in [3.05, 3.63) is 0 Å². The van der Waals surface area contributed by atoms with Gasteiger partial charge >= 0.3 is 0 Å². The Bertz CT molecular complexity index is 184. The Morgan fingerprint density at radius 2 is 1.71 bits per heavy atom. The van der Waals surface area contributed by atoms with Crippen molar-refractivity contribution in [2.75, 3.05) is 0 Å². The molecule has 0 aromatic rings. The minimum absolute atomic E-state index is 0.216. The van der Waals surface area contributed by atoms with Crippen LogP contribution in [0.15, 0.2) is 0 Å². The average Bonchev–Trinajstić information content (AvgIpc) is 2.45. The lowest BCUT2D eigenvalue weighted by Gasteiger charge is -2.25. The molecule has 0 amide bonds. The van der Waals surface area contributed by atoms with Crippen LogP contribution in [0.4, 0.5) is 0 Å². The zero-order valence-corrected chi connectivity index (χ0v) is 9.55. The SMILES string of the molecule is C#CC(C)N[C@H](C)C1CCCCCC1. The van der Waals surface area contributed by atoms with E-state index in [1.165, 1.54) is 38.5 Å². The van der Waals surface area contributed by atoms with Gasteiger partial charge in [0.2, 0.25) is 0 Å². The Balaban J connectivity index is 2.34. The highest BCUT2D eigenvalue weighted by atomic mass is 14.9. The quantitative estimate of drug-likeness (QED) is 0.537. The smallest absolute Gasteiger partial charge is 0.0660 e. The molecule has 0 spiro atoms. The number of terminal acetylenes is 1. The second-order valence-corrected chi connectivity index (χ2v) is 4.60. The monoisotopic (exact) mass is 193 g/mol. The van der Waals surface area contributed by atoms with E-state index in [0.717, 1.165) is 5.92 Å². The van der Waals surface area contributed by atoms with Crippen LogP contribution < -0.4 is 5.32 Å². The fourth-order valence-electron chi connectivity index (χ4n) is 2.39. The summed E-state index contributed by atoms with van der Waals surface area (Å²) in [7, 11) is 0. The first-order valence-electron chi connectivity index (χ1n) is 5.96. The topological polar surface area (TPSA) is 12.0 Å². The van der Waals surface area contributed by atoms with Gasteiger partial charge in [0.25, 0.3) is 0 Å². The van der Waals surface area contributed by atoms with Gasteiger partial charge < -0.3 is 5.32 Å². The molecule has 1 aliphatic rings. The molecule has 14 heavy (non-hydrogen) atoms. The maximum Gasteiger partial charge on any atom is 0.0660 e. The van der Waals surface area contributed by atoms with Crippen molar-refractivity contribution in [1.29, 1.82) is 0 Å². The second-order valence-electron chi connectivity index (χ2n) is 4.60. The fourth-order valence-corrected chi connectivity index (χ4v) is 2.39. The van der Waals surface area contributed by atoms with Crippen LogP contribution in [0.1, 0.15) is 52.4 Å². The second kappa shape index (κ2) is 6.09. The largest absolute Gasteiger partial charge is 0.301 e. The van der Waals surface area contributed by atoms with E-state index in [1.54, 1.807) is 0 Å². The van der Waals surface area contributed by atoms with Crippen LogP contribution in [0.5, 0.6) is 0 Å². The molecule has 1 fully saturated rings. The minimum atomic E-state index is 0.216. The van der Waals surface area contributed by atoms with Crippen LogP contribution in [0, 0.1) is 18.3 Å². The summed E-state index contributed by atoms with van der Waals surface area (Å²) in [5.41, 5.74) is 0. The van der Waals surface area contributed by atoms with Gasteiger partial charge in [0.05, 0.1) is 6.04 Å². The third-order valence-corrected chi connectivity index (χ3v) is 3.37. The molecule has 80 valence electrons. The summed E-state index contributed by atoms with van der Waals surface area (Å²) in [5, 5.41) is 3.49. The molecule has 1 nitrogen and oxygen atoms in total. The van der Waals surface area contributed by atoms with E-state index in [0.29, 0.717) is 6.04 Å². The highest BCUT2D eigenvalue weighted by molar-refractivity contribution is 4.97. The molecule has 1 saturated carbocycles. The van der Waals surface area contributed by atoms with Crippen LogP contribution in [-0.4, -0.2) is 12.1 Å². The lowest BCUT2D eigenvalue weighted by Crippen LogP contribution is -2.38. The van der Waals surface area contributed by atoms with Crippen molar-refractivity contribution in [3.63, 3.8) is 0 Å². The molecular formula is C13H23N. The maximum absolute atomic E-state index is 5.37. The Morgan fingerprint density at radius 1 is 1.14 bits per heavy atom. The summed E-state index contributed by atoms with van der Waals surface area (Å²) < 4.78 is 0. The maximum atomic E-state index is 5.37. The zero-order chi connectivity index (χ0) is 10.4. The number of nitrogens with one attached hydrogen (secondary N) is 1. The number of rotatable bonds is 3. The molecule has 1 aliphatic carbocycles. The Hall–Kier alpha value is -0.480. The molecule has 0 radical (unpaired) electrons. The zero-order valence-electron chi connectivity index (χ0n) is 9.55. The van der Waals surface area contributed by atoms with E-state index in [4.69, 9.17) is 6.42 Å². The van der Waals surface area contributed by atoms with Gasteiger partial charge in [-0.1, -0.05) is 31.6 Å². The molecule has 0 bridgehead atoms. The molecule has 0 aliphatic heterocycles. The van der Waals surface area contributed by atoms with Gasteiger partial charge in [0.15, 0.2) is 0 Å². The third-order valence-electron chi connectivity index (χ3n) is 3.37. The third kappa shape index (κ3) is 3.72. The van der Waals surface area contributed by atoms with Gasteiger partial charge in [0.1, 0.15) is 0 Å². The van der Waals surface area contributed by atoms with Crippen molar-refractivity contribution in [2.24, 2.45) is 5.92 Å². The number of hydrogen-bond donors (Lipinski definition) is 1. The number of hydrogen-bond acceptors (Lipinski definition) is 1. The van der Waals surface area contributed by atoms with Gasteiger partial charge in [-0.15, -0.1) is 6.42 Å². The Morgan fingerprint density at radius 3 is 2.21 bits per heavy atom. The van der Waals surface area contributed by atoms with Crippen molar-refractivity contribution in [3.8, 4) is 12.3 Å². The summed E-state index contributed by atoms with van der Waals surface area (Å²) in [4.78, 5) is 0. The summed E-state index contributed by atoms with van der Waals surface area (Å²) in [6.07, 6.45) is 13.8. The summed E-state index contributed by atoms with van der Waals surface area (Å²) in [5.74, 6) is 3.58. The van der Waals surface area contributed by atoms with Gasteiger partial charge in [-0.2, -0.15) is 0 Å². The molecular weight excluding hydrogens is 170 g/mol. The van der Waals surface area contributed by atoms with Crippen LogP contribution in [0.25, 0.3) is 0 Å². The van der Waals surface area contributed by atoms with Gasteiger partial charge in [-0.05, 0) is 32.6 Å². The van der Waals surface area contributed by atoms with Crippen molar-refractivity contribution < 1.29 is 0 Å². The molecule has 1 N–H and O–H groups in total. The van der Waals surface area contributed by atoms with E-state index in [1.807, 2.05) is 0 Å². The first kappa shape index (κ1) is 11.6. The molecule has 0 heterocycles. The first-order valence-corrected chi connectivity index (χ1v) is 5.96.